The van der Waals surface area contributed by atoms with Crippen LogP contribution in [0.1, 0.15) is 16.9 Å². The fourth-order valence-electron chi connectivity index (χ4n) is 4.75. The maximum absolute atomic E-state index is 14.8. The highest BCUT2D eigenvalue weighted by molar-refractivity contribution is 7.55. The van der Waals surface area contributed by atoms with Gasteiger partial charge in [0, 0.05) is 23.6 Å². The molecule has 0 aliphatic rings. The molecular weight excluding hydrogens is 593 g/mol. The first-order valence-corrected chi connectivity index (χ1v) is 16.3. The Hall–Kier alpha value is -5.72. The topological polar surface area (TPSA) is 111 Å². The molecule has 0 radical (unpaired) electrons. The van der Waals surface area contributed by atoms with Gasteiger partial charge < -0.3 is 20.1 Å². The summed E-state index contributed by atoms with van der Waals surface area (Å²) in [7, 11) is -3.95. The number of nitrogen functional groups attached to an aromatic ring is 1. The molecule has 0 bridgehead atoms. The van der Waals surface area contributed by atoms with Gasteiger partial charge in [-0.15, -0.1) is 5.11 Å². The Morgan fingerprint density at radius 2 is 1.33 bits per heavy atom. The van der Waals surface area contributed by atoms with Gasteiger partial charge >= 0.3 is 7.60 Å². The fraction of sp³-hybridized carbons (Fsp3) is 0.0541. The van der Waals surface area contributed by atoms with Crippen LogP contribution in [0.3, 0.4) is 0 Å². The maximum atomic E-state index is 14.8. The quantitative estimate of drug-likeness (QED) is 0.0842. The molecule has 9 heteroatoms. The number of nitrogens with zero attached hydrogens (tertiary/aromatic N) is 3. The van der Waals surface area contributed by atoms with E-state index in [1.807, 2.05) is 116 Å². The number of rotatable bonds is 11. The summed E-state index contributed by atoms with van der Waals surface area (Å²) in [5.41, 5.74) is 12.4. The van der Waals surface area contributed by atoms with Gasteiger partial charge in [0.2, 0.25) is 0 Å². The molecule has 1 aromatic heterocycles. The molecule has 0 saturated heterocycles. The molecular formula is C37H32N5O3P. The Balaban J connectivity index is 1.25. The number of benzene rings is 5. The van der Waals surface area contributed by atoms with Gasteiger partial charge in [0.15, 0.2) is 5.78 Å². The minimum absolute atomic E-state index is 0.429. The molecule has 0 fully saturated rings. The fourth-order valence-corrected chi connectivity index (χ4v) is 6.66. The smallest absolute Gasteiger partial charge is 0.414 e. The number of hydrogen-bond acceptors (Lipinski definition) is 8. The van der Waals surface area contributed by atoms with Crippen LogP contribution in [0.5, 0.6) is 11.5 Å². The predicted molar refractivity (Wildman–Crippen MR) is 184 cm³/mol. The molecule has 46 heavy (non-hydrogen) atoms. The molecule has 0 aliphatic carbocycles. The molecule has 5 aromatic carbocycles. The second-order valence-corrected chi connectivity index (χ2v) is 12.5. The zero-order valence-electron chi connectivity index (χ0n) is 25.1. The van der Waals surface area contributed by atoms with E-state index in [0.717, 1.165) is 28.1 Å². The normalized spacial score (nSPS) is 12.0. The zero-order chi connectivity index (χ0) is 31.8. The summed E-state index contributed by atoms with van der Waals surface area (Å²) in [5.74, 6) is -0.0178. The number of nitrogens with one attached hydrogen (secondary N) is 1. The van der Waals surface area contributed by atoms with Gasteiger partial charge in [-0.25, -0.2) is 4.57 Å². The first kappa shape index (κ1) is 30.3. The largest absolute Gasteiger partial charge is 0.457 e. The highest BCUT2D eigenvalue weighted by Crippen LogP contribution is 2.60. The van der Waals surface area contributed by atoms with Gasteiger partial charge in [0.05, 0.1) is 11.4 Å². The second kappa shape index (κ2) is 13.9. The summed E-state index contributed by atoms with van der Waals surface area (Å²) in [6.45, 7) is 1.99. The summed E-state index contributed by atoms with van der Waals surface area (Å²) in [6, 6.07) is 43.0. The molecule has 6 rings (SSSR count). The molecule has 228 valence electrons. The number of azo groups is 1. The van der Waals surface area contributed by atoms with Crippen LogP contribution in [-0.2, 0) is 4.57 Å². The summed E-state index contributed by atoms with van der Waals surface area (Å²) < 4.78 is 27.2. The van der Waals surface area contributed by atoms with Crippen molar-refractivity contribution >= 4 is 30.3 Å². The van der Waals surface area contributed by atoms with Crippen molar-refractivity contribution in [1.82, 2.24) is 4.98 Å². The molecule has 1 atom stereocenters. The highest BCUT2D eigenvalue weighted by atomic mass is 31.2. The zero-order valence-corrected chi connectivity index (χ0v) is 26.0. The van der Waals surface area contributed by atoms with Gasteiger partial charge in [0.1, 0.15) is 17.2 Å². The number of para-hydroxylation sites is 2. The van der Waals surface area contributed by atoms with Crippen LogP contribution in [0.15, 0.2) is 162 Å². The highest BCUT2D eigenvalue weighted by Gasteiger charge is 2.41. The predicted octanol–water partition coefficient (Wildman–Crippen LogP) is 10.5. The van der Waals surface area contributed by atoms with Crippen molar-refractivity contribution < 1.29 is 13.6 Å². The lowest BCUT2D eigenvalue weighted by Gasteiger charge is -2.29. The summed E-state index contributed by atoms with van der Waals surface area (Å²) in [6.07, 6.45) is 3.33. The first-order chi connectivity index (χ1) is 22.4. The molecule has 0 aliphatic heterocycles. The van der Waals surface area contributed by atoms with E-state index >= 15 is 0 Å². The molecule has 1 unspecified atom stereocenters. The average molecular weight is 626 g/mol. The van der Waals surface area contributed by atoms with E-state index in [4.69, 9.17) is 14.8 Å². The van der Waals surface area contributed by atoms with Crippen LogP contribution >= 0.6 is 7.60 Å². The van der Waals surface area contributed by atoms with Crippen molar-refractivity contribution in [3.05, 3.63) is 163 Å². The molecule has 0 saturated carbocycles. The second-order valence-electron chi connectivity index (χ2n) is 10.6. The van der Waals surface area contributed by atoms with Crippen LogP contribution < -0.4 is 20.1 Å². The Bertz CT molecular complexity index is 1910. The van der Waals surface area contributed by atoms with Crippen molar-refractivity contribution in [2.24, 2.45) is 10.2 Å². The van der Waals surface area contributed by atoms with Crippen molar-refractivity contribution in [3.63, 3.8) is 0 Å². The van der Waals surface area contributed by atoms with Gasteiger partial charge in [-0.2, -0.15) is 5.11 Å². The van der Waals surface area contributed by atoms with E-state index in [2.05, 4.69) is 20.5 Å². The van der Waals surface area contributed by atoms with Crippen molar-refractivity contribution in [2.45, 2.75) is 12.7 Å². The molecule has 8 nitrogen and oxygen atoms in total. The number of aromatic nitrogens is 1. The van der Waals surface area contributed by atoms with Gasteiger partial charge in [0.25, 0.3) is 0 Å². The molecule has 3 N–H and O–H groups in total. The lowest BCUT2D eigenvalue weighted by molar-refractivity contribution is 0.376. The molecule has 1 heterocycles. The van der Waals surface area contributed by atoms with E-state index in [1.165, 1.54) is 0 Å². The molecule has 6 aromatic rings. The minimum atomic E-state index is -3.95. The number of anilines is 2. The Morgan fingerprint density at radius 1 is 0.717 bits per heavy atom. The summed E-state index contributed by atoms with van der Waals surface area (Å²) in [4.78, 5) is 4.28. The van der Waals surface area contributed by atoms with E-state index < -0.39 is 13.4 Å². The standard InChI is InChI=1S/C37H32N5O3P/c1-27-14-23-35(38)36(25-27)42-41-32-21-17-29(18-22-32)28-15-19-31(20-16-28)40-37(30-9-8-24-39-26-30)46(43,44-33-10-4-2-5-11-33)45-34-12-6-3-7-13-34/h2-26,37,40H,38H2,1H3. The third-order valence-corrected chi connectivity index (χ3v) is 9.11. The van der Waals surface area contributed by atoms with Crippen molar-refractivity contribution in [1.29, 1.82) is 0 Å². The van der Waals surface area contributed by atoms with Gasteiger partial charge in [-0.3, -0.25) is 4.98 Å². The van der Waals surface area contributed by atoms with E-state index in [1.54, 1.807) is 42.7 Å². The first-order valence-electron chi connectivity index (χ1n) is 14.7. The number of pyridine rings is 1. The Labute approximate surface area is 268 Å². The third-order valence-electron chi connectivity index (χ3n) is 7.12. The lowest BCUT2D eigenvalue weighted by Crippen LogP contribution is -2.18. The lowest BCUT2D eigenvalue weighted by atomic mass is 10.1. The minimum Gasteiger partial charge on any atom is -0.414 e. The van der Waals surface area contributed by atoms with Gasteiger partial charge in [-0.05, 0) is 90.3 Å². The molecule has 0 amide bonds. The van der Waals surface area contributed by atoms with Crippen LogP contribution in [-0.4, -0.2) is 4.98 Å². The van der Waals surface area contributed by atoms with E-state index in [9.17, 15) is 4.57 Å². The monoisotopic (exact) mass is 625 g/mol. The maximum Gasteiger partial charge on any atom is 0.457 e. The summed E-state index contributed by atoms with van der Waals surface area (Å²) >= 11 is 0. The third kappa shape index (κ3) is 7.49. The van der Waals surface area contributed by atoms with E-state index in [0.29, 0.717) is 28.4 Å². The molecule has 0 spiro atoms. The number of aryl methyl sites for hydroxylation is 1. The Morgan fingerprint density at radius 3 is 1.91 bits per heavy atom. The SMILES string of the molecule is Cc1ccc(N)c(N=Nc2ccc(-c3ccc(NC(c4cccnc4)P(=O)(Oc4ccccc4)Oc4ccccc4)cc3)cc2)c1. The number of nitrogens with two attached hydrogens (primary N) is 1. The van der Waals surface area contributed by atoms with Gasteiger partial charge in [-0.1, -0.05) is 72.8 Å². The van der Waals surface area contributed by atoms with Crippen LogP contribution in [0, 0.1) is 6.92 Å². The van der Waals surface area contributed by atoms with Crippen LogP contribution in [0.25, 0.3) is 11.1 Å². The van der Waals surface area contributed by atoms with E-state index in [-0.39, 0.29) is 0 Å². The summed E-state index contributed by atoms with van der Waals surface area (Å²) in [5, 5.41) is 12.1. The van der Waals surface area contributed by atoms with Crippen LogP contribution in [0.4, 0.5) is 22.7 Å². The van der Waals surface area contributed by atoms with Crippen molar-refractivity contribution in [3.8, 4) is 22.6 Å². The van der Waals surface area contributed by atoms with Crippen molar-refractivity contribution in [2.75, 3.05) is 11.1 Å². The Kier molecular flexibility index (Phi) is 9.18. The number of hydrogen-bond donors (Lipinski definition) is 2. The van der Waals surface area contributed by atoms with Crippen LogP contribution in [0.2, 0.25) is 0 Å². The average Bonchev–Trinajstić information content (AvgIpc) is 3.09.